The zero-order valence-electron chi connectivity index (χ0n) is 32.5. The first-order chi connectivity index (χ1) is 27.3. The fraction of sp³-hybridized carbons (Fsp3) is 0.135. The van der Waals surface area contributed by atoms with Gasteiger partial charge in [-0.05, 0) is 117 Å². The van der Waals surface area contributed by atoms with Crippen molar-refractivity contribution in [2.75, 3.05) is 0 Å². The fourth-order valence-electron chi connectivity index (χ4n) is 7.69. The van der Waals surface area contributed by atoms with Crippen molar-refractivity contribution in [1.82, 2.24) is 10.3 Å². The largest absolute Gasteiger partial charge is 0.363 e. The lowest BCUT2D eigenvalue weighted by atomic mass is 9.82. The van der Waals surface area contributed by atoms with E-state index in [1.807, 2.05) is 67.0 Å². The van der Waals surface area contributed by atoms with Gasteiger partial charge in [-0.3, -0.25) is 10.4 Å². The zero-order chi connectivity index (χ0) is 39.1. The summed E-state index contributed by atoms with van der Waals surface area (Å²) in [5, 5.41) is 12.9. The Kier molecular flexibility index (Phi) is 11.3. The van der Waals surface area contributed by atoms with Crippen LogP contribution in [0.1, 0.15) is 55.9 Å². The molecule has 4 heteroatoms. The Morgan fingerprint density at radius 3 is 2.04 bits per heavy atom. The summed E-state index contributed by atoms with van der Waals surface area (Å²) >= 11 is 0. The third kappa shape index (κ3) is 8.06. The van der Waals surface area contributed by atoms with Gasteiger partial charge in [0, 0.05) is 35.0 Å². The van der Waals surface area contributed by atoms with Crippen LogP contribution >= 0.6 is 0 Å². The van der Waals surface area contributed by atoms with Crippen LogP contribution in [0.15, 0.2) is 194 Å². The van der Waals surface area contributed by atoms with Crippen molar-refractivity contribution in [3.63, 3.8) is 0 Å². The van der Waals surface area contributed by atoms with Crippen molar-refractivity contribution in [3.8, 4) is 44.5 Å². The Bertz CT molecular complexity index is 2470. The zero-order valence-corrected chi connectivity index (χ0v) is 32.5. The minimum absolute atomic E-state index is 0.0795. The van der Waals surface area contributed by atoms with E-state index in [0.29, 0.717) is 5.84 Å². The second-order valence-corrected chi connectivity index (χ2v) is 14.8. The molecule has 1 aliphatic rings. The number of hydrogen-bond donors (Lipinski definition) is 2. The number of nitrogens with zero attached hydrogens (tertiary/aromatic N) is 2. The quantitative estimate of drug-likeness (QED) is 0.0749. The summed E-state index contributed by atoms with van der Waals surface area (Å²) in [5.74, 6) is 0.820. The lowest BCUT2D eigenvalue weighted by Gasteiger charge is -2.22. The Balaban J connectivity index is 1.37. The van der Waals surface area contributed by atoms with Gasteiger partial charge in [-0.25, -0.2) is 4.99 Å². The molecule has 0 aliphatic heterocycles. The Labute approximate surface area is 332 Å². The first-order valence-corrected chi connectivity index (χ1v) is 19.3. The molecule has 0 saturated heterocycles. The normalized spacial score (nSPS) is 13.8. The van der Waals surface area contributed by atoms with E-state index in [9.17, 15) is 0 Å². The van der Waals surface area contributed by atoms with Crippen molar-refractivity contribution in [1.29, 1.82) is 5.41 Å². The Morgan fingerprint density at radius 2 is 1.32 bits per heavy atom. The summed E-state index contributed by atoms with van der Waals surface area (Å²) in [6.07, 6.45) is 15.2. The first kappa shape index (κ1) is 37.7. The highest BCUT2D eigenvalue weighted by Gasteiger charge is 2.35. The summed E-state index contributed by atoms with van der Waals surface area (Å²) in [4.78, 5) is 9.24. The average Bonchev–Trinajstić information content (AvgIpc) is 3.47. The molecule has 1 atom stereocenters. The highest BCUT2D eigenvalue weighted by molar-refractivity contribution is 6.11. The number of rotatable bonds is 12. The molecule has 56 heavy (non-hydrogen) atoms. The van der Waals surface area contributed by atoms with E-state index in [2.05, 4.69) is 141 Å². The SMILES string of the molecule is C=C/C=C\CC/C(=C\C=C)C(C)NC(=NC(=N)c1ccccc1)c1cc(-c2ccc(-c3ccncc3)cc2)cc(-c2ccc3c(c2)-c2ccccc2C3(C)C)c1. The van der Waals surface area contributed by atoms with Crippen LogP contribution in [0, 0.1) is 5.41 Å². The van der Waals surface area contributed by atoms with Crippen LogP contribution in [-0.2, 0) is 5.41 Å². The molecule has 0 bridgehead atoms. The van der Waals surface area contributed by atoms with Gasteiger partial charge in [-0.2, -0.15) is 0 Å². The lowest BCUT2D eigenvalue weighted by Crippen LogP contribution is -2.35. The molecule has 1 heterocycles. The summed E-state index contributed by atoms with van der Waals surface area (Å²) in [7, 11) is 0. The van der Waals surface area contributed by atoms with E-state index >= 15 is 0 Å². The Morgan fingerprint density at radius 1 is 0.696 bits per heavy atom. The maximum Gasteiger partial charge on any atom is 0.154 e. The smallest absolute Gasteiger partial charge is 0.154 e. The number of amidine groups is 2. The van der Waals surface area contributed by atoms with E-state index in [-0.39, 0.29) is 17.3 Å². The second kappa shape index (κ2) is 16.8. The molecule has 1 aliphatic carbocycles. The number of pyridine rings is 1. The maximum atomic E-state index is 9.15. The second-order valence-electron chi connectivity index (χ2n) is 14.8. The van der Waals surface area contributed by atoms with Gasteiger partial charge in [-0.15, -0.1) is 0 Å². The monoisotopic (exact) mass is 728 g/mol. The molecule has 276 valence electrons. The minimum Gasteiger partial charge on any atom is -0.363 e. The van der Waals surface area contributed by atoms with Gasteiger partial charge < -0.3 is 5.32 Å². The Hall–Kier alpha value is -6.65. The molecule has 0 spiro atoms. The van der Waals surface area contributed by atoms with Gasteiger partial charge >= 0.3 is 0 Å². The fourth-order valence-corrected chi connectivity index (χ4v) is 7.69. The van der Waals surface area contributed by atoms with Gasteiger partial charge in [0.05, 0.1) is 0 Å². The number of hydrogen-bond acceptors (Lipinski definition) is 2. The molecular formula is C52H48N4. The predicted octanol–water partition coefficient (Wildman–Crippen LogP) is 12.8. The summed E-state index contributed by atoms with van der Waals surface area (Å²) in [5.41, 5.74) is 14.6. The summed E-state index contributed by atoms with van der Waals surface area (Å²) in [6, 6.07) is 44.7. The molecule has 0 fully saturated rings. The van der Waals surface area contributed by atoms with Crippen LogP contribution in [0.2, 0.25) is 0 Å². The third-order valence-corrected chi connectivity index (χ3v) is 10.7. The molecule has 0 saturated carbocycles. The van der Waals surface area contributed by atoms with Crippen LogP contribution in [0.3, 0.4) is 0 Å². The lowest BCUT2D eigenvalue weighted by molar-refractivity contribution is 0.660. The van der Waals surface area contributed by atoms with Crippen molar-refractivity contribution >= 4 is 11.7 Å². The number of allylic oxidation sites excluding steroid dienone is 5. The van der Waals surface area contributed by atoms with Crippen molar-refractivity contribution < 1.29 is 0 Å². The van der Waals surface area contributed by atoms with Gasteiger partial charge in [0.1, 0.15) is 5.84 Å². The molecule has 2 N–H and O–H groups in total. The van der Waals surface area contributed by atoms with Crippen molar-refractivity contribution in [2.24, 2.45) is 4.99 Å². The molecule has 5 aromatic carbocycles. The van der Waals surface area contributed by atoms with Gasteiger partial charge in [0.2, 0.25) is 0 Å². The number of fused-ring (bicyclic) bond motifs is 3. The molecule has 6 aromatic rings. The van der Waals surface area contributed by atoms with E-state index in [4.69, 9.17) is 10.4 Å². The maximum absolute atomic E-state index is 9.15. The third-order valence-electron chi connectivity index (χ3n) is 10.7. The number of aromatic nitrogens is 1. The van der Waals surface area contributed by atoms with Crippen LogP contribution in [0.25, 0.3) is 44.5 Å². The summed E-state index contributed by atoms with van der Waals surface area (Å²) in [6.45, 7) is 14.6. The number of nitrogens with one attached hydrogen (secondary N) is 2. The predicted molar refractivity (Wildman–Crippen MR) is 237 cm³/mol. The average molecular weight is 729 g/mol. The summed E-state index contributed by atoms with van der Waals surface area (Å²) < 4.78 is 0. The van der Waals surface area contributed by atoms with Gasteiger partial charge in [0.25, 0.3) is 0 Å². The van der Waals surface area contributed by atoms with E-state index in [0.717, 1.165) is 57.3 Å². The van der Waals surface area contributed by atoms with Crippen LogP contribution < -0.4 is 5.32 Å². The number of benzene rings is 5. The molecule has 7 rings (SSSR count). The number of aliphatic imine (C=N–C) groups is 1. The molecular weight excluding hydrogens is 681 g/mol. The minimum atomic E-state index is -0.0852. The molecule has 0 radical (unpaired) electrons. The van der Waals surface area contributed by atoms with E-state index < -0.39 is 0 Å². The molecule has 4 nitrogen and oxygen atoms in total. The van der Waals surface area contributed by atoms with E-state index in [1.165, 1.54) is 27.8 Å². The van der Waals surface area contributed by atoms with Gasteiger partial charge in [0.15, 0.2) is 5.84 Å². The molecule has 1 aromatic heterocycles. The highest BCUT2D eigenvalue weighted by Crippen LogP contribution is 2.49. The molecule has 0 amide bonds. The molecule has 1 unspecified atom stereocenters. The van der Waals surface area contributed by atoms with Crippen molar-refractivity contribution in [2.45, 2.75) is 45.1 Å². The first-order valence-electron chi connectivity index (χ1n) is 19.3. The van der Waals surface area contributed by atoms with E-state index in [1.54, 1.807) is 6.08 Å². The van der Waals surface area contributed by atoms with Gasteiger partial charge in [-0.1, -0.05) is 148 Å². The van der Waals surface area contributed by atoms with Crippen LogP contribution in [0.4, 0.5) is 0 Å². The van der Waals surface area contributed by atoms with Crippen LogP contribution in [0.5, 0.6) is 0 Å². The highest BCUT2D eigenvalue weighted by atomic mass is 15.0. The van der Waals surface area contributed by atoms with Crippen LogP contribution in [-0.4, -0.2) is 22.7 Å². The standard InChI is InChI=1S/C52H48N4/c1-6-8-9-11-17-37(16-7-2)36(3)55-51(56-50(53)41-18-12-10-13-19-41)45-33-43(39-24-22-38(23-25-39)40-28-30-54-31-29-40)32-44(34-45)42-26-27-49-47(35-42)46-20-14-15-21-48(46)52(49,4)5/h6-10,12-16,18-36H,1-2,11,17H2,3-5H3,(H2,53,55,56)/b9-8-,37-16+. The topological polar surface area (TPSA) is 61.1 Å². The van der Waals surface area contributed by atoms with Crippen molar-refractivity contribution in [3.05, 3.63) is 211 Å².